The third kappa shape index (κ3) is 2.27. The largest absolute Gasteiger partial charge is 0.496 e. The van der Waals surface area contributed by atoms with E-state index in [1.165, 1.54) is 36.0 Å². The van der Waals surface area contributed by atoms with Gasteiger partial charge in [0.15, 0.2) is 0 Å². The highest BCUT2D eigenvalue weighted by Gasteiger charge is 2.41. The molecule has 1 aromatic carbocycles. The zero-order chi connectivity index (χ0) is 14.0. The van der Waals surface area contributed by atoms with Gasteiger partial charge in [-0.3, -0.25) is 0 Å². The lowest BCUT2D eigenvalue weighted by Gasteiger charge is -2.44. The summed E-state index contributed by atoms with van der Waals surface area (Å²) in [5.41, 5.74) is 10.4. The molecule has 0 heterocycles. The number of rotatable bonds is 5. The van der Waals surface area contributed by atoms with Gasteiger partial charge in [0, 0.05) is 17.5 Å². The second-order valence-electron chi connectivity index (χ2n) is 6.07. The molecule has 0 aliphatic heterocycles. The molecule has 2 rings (SSSR count). The van der Waals surface area contributed by atoms with Crippen LogP contribution in [0.4, 0.5) is 0 Å². The van der Waals surface area contributed by atoms with E-state index in [1.807, 2.05) is 0 Å². The van der Waals surface area contributed by atoms with Crippen LogP contribution in [0.5, 0.6) is 5.75 Å². The molecule has 0 bridgehead atoms. The Morgan fingerprint density at radius 3 is 2.37 bits per heavy atom. The minimum atomic E-state index is 0.163. The fraction of sp³-hybridized carbons (Fsp3) is 0.647. The van der Waals surface area contributed by atoms with Gasteiger partial charge in [0.1, 0.15) is 5.75 Å². The predicted octanol–water partition coefficient (Wildman–Crippen LogP) is 3.76. The van der Waals surface area contributed by atoms with Crippen molar-refractivity contribution < 1.29 is 4.74 Å². The number of hydrogen-bond donors (Lipinski definition) is 1. The summed E-state index contributed by atoms with van der Waals surface area (Å²) in [6.07, 6.45) is 4.70. The maximum absolute atomic E-state index is 6.13. The second kappa shape index (κ2) is 5.54. The number of hydrogen-bond acceptors (Lipinski definition) is 2. The first-order valence-electron chi connectivity index (χ1n) is 7.50. The zero-order valence-electron chi connectivity index (χ0n) is 12.8. The van der Waals surface area contributed by atoms with Gasteiger partial charge in [-0.15, -0.1) is 0 Å². The Bertz CT molecular complexity index is 441. The highest BCUT2D eigenvalue weighted by Crippen LogP contribution is 2.50. The number of benzene rings is 1. The van der Waals surface area contributed by atoms with Crippen LogP contribution >= 0.6 is 0 Å². The Hall–Kier alpha value is -1.02. The first-order chi connectivity index (χ1) is 9.09. The van der Waals surface area contributed by atoms with Crippen molar-refractivity contribution in [1.82, 2.24) is 0 Å². The average Bonchev–Trinajstić information content (AvgIpc) is 2.37. The van der Waals surface area contributed by atoms with Gasteiger partial charge >= 0.3 is 0 Å². The first kappa shape index (κ1) is 14.4. The summed E-state index contributed by atoms with van der Waals surface area (Å²) >= 11 is 0. The zero-order valence-corrected chi connectivity index (χ0v) is 12.8. The van der Waals surface area contributed by atoms with Gasteiger partial charge in [-0.2, -0.15) is 0 Å². The van der Waals surface area contributed by atoms with Crippen LogP contribution in [0.15, 0.2) is 12.1 Å². The van der Waals surface area contributed by atoms with E-state index in [-0.39, 0.29) is 5.41 Å². The van der Waals surface area contributed by atoms with Crippen molar-refractivity contribution in [2.75, 3.05) is 13.7 Å². The summed E-state index contributed by atoms with van der Waals surface area (Å²) in [4.78, 5) is 0. The summed E-state index contributed by atoms with van der Waals surface area (Å²) in [6.45, 7) is 7.43. The van der Waals surface area contributed by atoms with Crippen LogP contribution in [0.3, 0.4) is 0 Å². The minimum absolute atomic E-state index is 0.163. The minimum Gasteiger partial charge on any atom is -0.496 e. The van der Waals surface area contributed by atoms with Crippen molar-refractivity contribution in [3.05, 3.63) is 28.8 Å². The van der Waals surface area contributed by atoms with Crippen LogP contribution in [0.2, 0.25) is 0 Å². The van der Waals surface area contributed by atoms with E-state index in [0.717, 1.165) is 18.7 Å². The van der Waals surface area contributed by atoms with Crippen molar-refractivity contribution >= 4 is 0 Å². The van der Waals surface area contributed by atoms with Crippen molar-refractivity contribution in [3.63, 3.8) is 0 Å². The lowest BCUT2D eigenvalue weighted by atomic mass is 9.62. The van der Waals surface area contributed by atoms with E-state index >= 15 is 0 Å². The summed E-state index contributed by atoms with van der Waals surface area (Å²) in [6, 6.07) is 4.51. The molecule has 2 nitrogen and oxygen atoms in total. The summed E-state index contributed by atoms with van der Waals surface area (Å²) in [5, 5.41) is 0. The third-order valence-corrected chi connectivity index (χ3v) is 4.71. The summed E-state index contributed by atoms with van der Waals surface area (Å²) in [7, 11) is 1.80. The lowest BCUT2D eigenvalue weighted by molar-refractivity contribution is 0.240. The maximum Gasteiger partial charge on any atom is 0.126 e. The number of nitrogens with two attached hydrogens (primary N) is 1. The molecule has 0 amide bonds. The molecular formula is C17H27NO. The maximum atomic E-state index is 6.13. The first-order valence-corrected chi connectivity index (χ1v) is 7.50. The topological polar surface area (TPSA) is 35.2 Å². The van der Waals surface area contributed by atoms with Crippen LogP contribution in [0.25, 0.3) is 0 Å². The van der Waals surface area contributed by atoms with Gasteiger partial charge < -0.3 is 10.5 Å². The van der Waals surface area contributed by atoms with Gasteiger partial charge in [0.2, 0.25) is 0 Å². The molecule has 1 aliphatic carbocycles. The van der Waals surface area contributed by atoms with E-state index in [0.29, 0.717) is 5.92 Å². The Kier molecular flexibility index (Phi) is 4.19. The highest BCUT2D eigenvalue weighted by atomic mass is 16.5. The standard InChI is InChI=1S/C17H27NO/c1-5-13-7-8-14(12(2)3)15(16(13)19-4)17(11-18)9-6-10-17/h7-8,12H,5-6,9-11,18H2,1-4H3. The van der Waals surface area contributed by atoms with Crippen LogP contribution in [-0.4, -0.2) is 13.7 Å². The number of ether oxygens (including phenoxy) is 1. The fourth-order valence-electron chi connectivity index (χ4n) is 3.34. The van der Waals surface area contributed by atoms with Crippen molar-refractivity contribution in [2.45, 2.75) is 57.8 Å². The predicted molar refractivity (Wildman–Crippen MR) is 81.0 cm³/mol. The van der Waals surface area contributed by atoms with Gasteiger partial charge in [-0.05, 0) is 36.3 Å². The van der Waals surface area contributed by atoms with E-state index in [1.54, 1.807) is 7.11 Å². The molecule has 0 unspecified atom stereocenters. The molecule has 1 saturated carbocycles. The normalized spacial score (nSPS) is 17.4. The molecule has 0 aromatic heterocycles. The lowest BCUT2D eigenvalue weighted by Crippen LogP contribution is -2.42. The molecule has 0 atom stereocenters. The monoisotopic (exact) mass is 261 g/mol. The third-order valence-electron chi connectivity index (χ3n) is 4.71. The smallest absolute Gasteiger partial charge is 0.126 e. The van der Waals surface area contributed by atoms with Crippen LogP contribution in [0.1, 0.15) is 62.6 Å². The quantitative estimate of drug-likeness (QED) is 0.876. The molecule has 0 saturated heterocycles. The van der Waals surface area contributed by atoms with Gasteiger partial charge in [0.05, 0.1) is 7.11 Å². The fourth-order valence-corrected chi connectivity index (χ4v) is 3.34. The average molecular weight is 261 g/mol. The van der Waals surface area contributed by atoms with Gasteiger partial charge in [-0.1, -0.05) is 39.3 Å². The van der Waals surface area contributed by atoms with Crippen molar-refractivity contribution in [2.24, 2.45) is 5.73 Å². The molecule has 2 heteroatoms. The van der Waals surface area contributed by atoms with Crippen molar-refractivity contribution in [3.8, 4) is 5.75 Å². The van der Waals surface area contributed by atoms with Gasteiger partial charge in [-0.25, -0.2) is 0 Å². The van der Waals surface area contributed by atoms with E-state index < -0.39 is 0 Å². The molecule has 1 fully saturated rings. The Balaban J connectivity index is 2.65. The Labute approximate surface area is 117 Å². The highest BCUT2D eigenvalue weighted by molar-refractivity contribution is 5.53. The molecule has 19 heavy (non-hydrogen) atoms. The van der Waals surface area contributed by atoms with Crippen LogP contribution in [-0.2, 0) is 11.8 Å². The number of aryl methyl sites for hydroxylation is 1. The van der Waals surface area contributed by atoms with Gasteiger partial charge in [0.25, 0.3) is 0 Å². The van der Waals surface area contributed by atoms with Crippen LogP contribution < -0.4 is 10.5 Å². The van der Waals surface area contributed by atoms with E-state index in [4.69, 9.17) is 10.5 Å². The summed E-state index contributed by atoms with van der Waals surface area (Å²) in [5.74, 6) is 1.61. The van der Waals surface area contributed by atoms with E-state index in [9.17, 15) is 0 Å². The molecule has 1 aliphatic rings. The van der Waals surface area contributed by atoms with Crippen molar-refractivity contribution in [1.29, 1.82) is 0 Å². The Morgan fingerprint density at radius 1 is 1.32 bits per heavy atom. The molecule has 2 N–H and O–H groups in total. The van der Waals surface area contributed by atoms with E-state index in [2.05, 4.69) is 32.9 Å². The molecule has 0 spiro atoms. The van der Waals surface area contributed by atoms with Crippen LogP contribution in [0, 0.1) is 0 Å². The molecule has 0 radical (unpaired) electrons. The SMILES string of the molecule is CCc1ccc(C(C)C)c(C2(CN)CCC2)c1OC. The molecular weight excluding hydrogens is 234 g/mol. The second-order valence-corrected chi connectivity index (χ2v) is 6.07. The Morgan fingerprint density at radius 2 is 2.00 bits per heavy atom. The summed E-state index contributed by atoms with van der Waals surface area (Å²) < 4.78 is 5.79. The molecule has 1 aromatic rings. The number of methoxy groups -OCH3 is 1. The molecule has 106 valence electrons.